The number of aliphatic imine (C=N–C) groups is 1. The second kappa shape index (κ2) is 6.85. The minimum Gasteiger partial charge on any atom is -0.511 e. The number of hydrogen-bond donors (Lipinski definition) is 2. The predicted molar refractivity (Wildman–Crippen MR) is 78.2 cm³/mol. The molecule has 21 heavy (non-hydrogen) atoms. The summed E-state index contributed by atoms with van der Waals surface area (Å²) in [5.41, 5.74) is -0.691. The van der Waals surface area contributed by atoms with Crippen molar-refractivity contribution in [3.8, 4) is 0 Å². The molecule has 0 aromatic rings. The van der Waals surface area contributed by atoms with Gasteiger partial charge in [0.25, 0.3) is 0 Å². The second-order valence-corrected chi connectivity index (χ2v) is 5.87. The topological polar surface area (TPSA) is 96.2 Å². The van der Waals surface area contributed by atoms with Crippen LogP contribution in [0.25, 0.3) is 0 Å². The van der Waals surface area contributed by atoms with Crippen LogP contribution in [0.15, 0.2) is 16.3 Å². The first-order valence-corrected chi connectivity index (χ1v) is 6.96. The van der Waals surface area contributed by atoms with E-state index in [1.807, 2.05) is 6.92 Å². The van der Waals surface area contributed by atoms with Crippen molar-refractivity contribution >= 4 is 18.0 Å². The summed E-state index contributed by atoms with van der Waals surface area (Å²) in [6.07, 6.45) is 1.99. The first kappa shape index (κ1) is 17.4. The molecule has 0 aliphatic heterocycles. The Morgan fingerprint density at radius 3 is 2.67 bits per heavy atom. The lowest BCUT2D eigenvalue weighted by Gasteiger charge is -2.35. The fourth-order valence-electron chi connectivity index (χ4n) is 2.43. The fraction of sp³-hybridized carbons (Fsp3) is 0.667. The number of Topliss-reactive ketones (excluding diaryl/α,β-unsaturated/α-hetero) is 1. The van der Waals surface area contributed by atoms with Crippen LogP contribution in [0.5, 0.6) is 0 Å². The van der Waals surface area contributed by atoms with E-state index in [9.17, 15) is 14.7 Å². The van der Waals surface area contributed by atoms with Crippen LogP contribution < -0.4 is 0 Å². The molecule has 0 aromatic carbocycles. The zero-order chi connectivity index (χ0) is 16.2. The van der Waals surface area contributed by atoms with Crippen LogP contribution in [0.1, 0.15) is 33.6 Å². The molecule has 1 aliphatic carbocycles. The summed E-state index contributed by atoms with van der Waals surface area (Å²) in [4.78, 5) is 28.1. The van der Waals surface area contributed by atoms with Crippen LogP contribution in [0.4, 0.5) is 0 Å². The van der Waals surface area contributed by atoms with Gasteiger partial charge in [0, 0.05) is 12.6 Å². The summed E-state index contributed by atoms with van der Waals surface area (Å²) in [7, 11) is 1.24. The number of aliphatic hydroxyl groups is 2. The number of ketones is 1. The number of rotatable bonds is 5. The normalized spacial score (nSPS) is 23.5. The second-order valence-electron chi connectivity index (χ2n) is 5.87. The van der Waals surface area contributed by atoms with Gasteiger partial charge in [-0.15, -0.1) is 0 Å². The highest BCUT2D eigenvalue weighted by Crippen LogP contribution is 2.41. The maximum Gasteiger partial charge on any atom is 0.316 e. The van der Waals surface area contributed by atoms with Crippen LogP contribution >= 0.6 is 0 Å². The minimum atomic E-state index is -0.893. The van der Waals surface area contributed by atoms with E-state index in [0.29, 0.717) is 6.42 Å². The number of allylic oxidation sites excluding steroid dienone is 1. The molecule has 0 saturated carbocycles. The maximum absolute atomic E-state index is 12.1. The Kier molecular flexibility index (Phi) is 5.66. The number of hydrogen-bond acceptors (Lipinski definition) is 6. The number of methoxy groups -OCH3 is 1. The number of aliphatic hydroxyl groups excluding tert-OH is 2. The van der Waals surface area contributed by atoms with Crippen molar-refractivity contribution in [3.63, 3.8) is 0 Å². The van der Waals surface area contributed by atoms with Crippen LogP contribution in [0.2, 0.25) is 0 Å². The fourth-order valence-corrected chi connectivity index (χ4v) is 2.43. The monoisotopic (exact) mass is 297 g/mol. The lowest BCUT2D eigenvalue weighted by atomic mass is 9.68. The van der Waals surface area contributed by atoms with E-state index in [1.54, 1.807) is 13.8 Å². The zero-order valence-electron chi connectivity index (χ0n) is 12.9. The van der Waals surface area contributed by atoms with E-state index in [0.717, 1.165) is 0 Å². The summed E-state index contributed by atoms with van der Waals surface area (Å²) in [5.74, 6) is -2.05. The molecule has 0 aromatic heterocycles. The van der Waals surface area contributed by atoms with Crippen molar-refractivity contribution in [3.05, 3.63) is 11.3 Å². The molecule has 2 N–H and O–H groups in total. The van der Waals surface area contributed by atoms with Crippen LogP contribution in [-0.2, 0) is 14.3 Å². The van der Waals surface area contributed by atoms with E-state index >= 15 is 0 Å². The van der Waals surface area contributed by atoms with E-state index in [-0.39, 0.29) is 36.2 Å². The van der Waals surface area contributed by atoms with Crippen molar-refractivity contribution < 1.29 is 24.5 Å². The SMILES string of the molecule is CC[C@H](CO)N=CC1=C(O)[C@H](C(=O)OC)C(C)(C)CC1=O. The van der Waals surface area contributed by atoms with Gasteiger partial charge in [-0.1, -0.05) is 20.8 Å². The standard InChI is InChI=1S/C15H23NO5/c1-5-9(8-17)16-7-10-11(18)6-15(2,3)12(13(10)19)14(20)21-4/h7,9,12,17,19H,5-6,8H2,1-4H3/t9-,12-/m1/s1. The molecule has 0 heterocycles. The molecule has 0 radical (unpaired) electrons. The summed E-state index contributed by atoms with van der Waals surface area (Å²) in [6.45, 7) is 5.19. The van der Waals surface area contributed by atoms with E-state index < -0.39 is 17.3 Å². The largest absolute Gasteiger partial charge is 0.511 e. The highest BCUT2D eigenvalue weighted by atomic mass is 16.5. The first-order valence-electron chi connectivity index (χ1n) is 6.96. The average Bonchev–Trinajstić information content (AvgIpc) is 2.41. The minimum absolute atomic E-state index is 0.0247. The van der Waals surface area contributed by atoms with E-state index in [4.69, 9.17) is 9.84 Å². The molecule has 2 atom stereocenters. The smallest absolute Gasteiger partial charge is 0.316 e. The lowest BCUT2D eigenvalue weighted by molar-refractivity contribution is -0.150. The van der Waals surface area contributed by atoms with E-state index in [1.165, 1.54) is 13.3 Å². The predicted octanol–water partition coefficient (Wildman–Crippen LogP) is 1.43. The summed E-state index contributed by atoms with van der Waals surface area (Å²) in [5, 5.41) is 19.4. The number of nitrogens with zero attached hydrogens (tertiary/aromatic N) is 1. The summed E-state index contributed by atoms with van der Waals surface area (Å²) in [6, 6.07) is -0.329. The molecule has 0 spiro atoms. The van der Waals surface area contributed by atoms with Crippen LogP contribution in [0, 0.1) is 11.3 Å². The van der Waals surface area contributed by atoms with Gasteiger partial charge < -0.3 is 14.9 Å². The Hall–Kier alpha value is -1.69. The van der Waals surface area contributed by atoms with Gasteiger partial charge in [0.05, 0.1) is 25.3 Å². The summed E-state index contributed by atoms with van der Waals surface area (Å²) >= 11 is 0. The highest BCUT2D eigenvalue weighted by molar-refractivity contribution is 6.15. The number of carbonyl (C=O) groups is 2. The number of ether oxygens (including phenoxy) is 1. The van der Waals surface area contributed by atoms with Crippen molar-refractivity contribution in [2.24, 2.45) is 16.3 Å². The molecule has 0 unspecified atom stereocenters. The van der Waals surface area contributed by atoms with Gasteiger partial charge in [-0.3, -0.25) is 14.6 Å². The average molecular weight is 297 g/mol. The Balaban J connectivity index is 3.21. The van der Waals surface area contributed by atoms with E-state index in [2.05, 4.69) is 4.99 Å². The Morgan fingerprint density at radius 1 is 1.57 bits per heavy atom. The molecule has 6 heteroatoms. The van der Waals surface area contributed by atoms with Crippen molar-refractivity contribution in [1.82, 2.24) is 0 Å². The third kappa shape index (κ3) is 3.69. The molecule has 1 aliphatic rings. The molecular weight excluding hydrogens is 274 g/mol. The van der Waals surface area contributed by atoms with Crippen molar-refractivity contribution in [2.75, 3.05) is 13.7 Å². The molecule has 0 bridgehead atoms. The molecule has 118 valence electrons. The maximum atomic E-state index is 12.1. The molecule has 1 rings (SSSR count). The van der Waals surface area contributed by atoms with Crippen molar-refractivity contribution in [1.29, 1.82) is 0 Å². The number of esters is 1. The van der Waals surface area contributed by atoms with Gasteiger partial charge >= 0.3 is 5.97 Å². The van der Waals surface area contributed by atoms with Gasteiger partial charge in [-0.05, 0) is 11.8 Å². The molecule has 6 nitrogen and oxygen atoms in total. The van der Waals surface area contributed by atoms with Crippen LogP contribution in [-0.4, -0.2) is 47.9 Å². The molecule has 0 saturated heterocycles. The zero-order valence-corrected chi connectivity index (χ0v) is 12.9. The van der Waals surface area contributed by atoms with Gasteiger partial charge in [-0.25, -0.2) is 0 Å². The first-order chi connectivity index (χ1) is 9.78. The van der Waals surface area contributed by atoms with Gasteiger partial charge in [0.2, 0.25) is 0 Å². The third-order valence-electron chi connectivity index (χ3n) is 3.78. The molecule has 0 fully saturated rings. The van der Waals surface area contributed by atoms with Crippen LogP contribution in [0.3, 0.4) is 0 Å². The lowest BCUT2D eigenvalue weighted by Crippen LogP contribution is -2.40. The van der Waals surface area contributed by atoms with Crippen molar-refractivity contribution in [2.45, 2.75) is 39.7 Å². The van der Waals surface area contributed by atoms with Gasteiger partial charge in [0.1, 0.15) is 11.7 Å². The Bertz CT molecular complexity index is 474. The van der Waals surface area contributed by atoms with Gasteiger partial charge in [0.15, 0.2) is 5.78 Å². The Labute approximate surface area is 124 Å². The summed E-state index contributed by atoms with van der Waals surface area (Å²) < 4.78 is 4.72. The molecular formula is C15H23NO5. The van der Waals surface area contributed by atoms with Gasteiger partial charge in [-0.2, -0.15) is 0 Å². The molecule has 0 amide bonds. The Morgan fingerprint density at radius 2 is 2.19 bits per heavy atom. The highest BCUT2D eigenvalue weighted by Gasteiger charge is 2.46. The number of carbonyl (C=O) groups excluding carboxylic acids is 2. The third-order valence-corrected chi connectivity index (χ3v) is 3.78. The quantitative estimate of drug-likeness (QED) is 0.591.